The van der Waals surface area contributed by atoms with Crippen molar-refractivity contribution < 1.29 is 0 Å². The smallest absolute Gasteiger partial charge is 0.128 e. The van der Waals surface area contributed by atoms with Crippen LogP contribution < -0.4 is 10.6 Å². The molecule has 4 heteroatoms. The molecule has 84 valence electrons. The molecule has 0 unspecified atom stereocenters. The number of anilines is 1. The normalized spacial score (nSPS) is 10.8. The van der Waals surface area contributed by atoms with Crippen molar-refractivity contribution >= 4 is 17.4 Å². The molecule has 0 aliphatic heterocycles. The molecular formula is C11H18ClN3. The standard InChI is InChI=1S/C11H18ClN3/c1-8(2)7-15(3)11-5-4-9(12)10(6-13)14-11/h4-5,8H,6-7,13H2,1-3H3. The lowest BCUT2D eigenvalue weighted by Gasteiger charge is -2.21. The van der Waals surface area contributed by atoms with Crippen molar-refractivity contribution in [3.05, 3.63) is 22.8 Å². The second kappa shape index (κ2) is 5.33. The van der Waals surface area contributed by atoms with Gasteiger partial charge in [-0.3, -0.25) is 0 Å². The van der Waals surface area contributed by atoms with Crippen LogP contribution in [-0.2, 0) is 6.54 Å². The Labute approximate surface area is 96.2 Å². The number of rotatable bonds is 4. The summed E-state index contributed by atoms with van der Waals surface area (Å²) in [5.41, 5.74) is 6.31. The van der Waals surface area contributed by atoms with Crippen LogP contribution in [0.2, 0.25) is 5.02 Å². The summed E-state index contributed by atoms with van der Waals surface area (Å²) in [6.07, 6.45) is 0. The fraction of sp³-hybridized carbons (Fsp3) is 0.545. The minimum atomic E-state index is 0.377. The van der Waals surface area contributed by atoms with Crippen molar-refractivity contribution in [2.45, 2.75) is 20.4 Å². The Morgan fingerprint density at radius 1 is 1.47 bits per heavy atom. The Hall–Kier alpha value is -0.800. The maximum absolute atomic E-state index is 5.95. The lowest BCUT2D eigenvalue weighted by atomic mass is 10.2. The van der Waals surface area contributed by atoms with Crippen LogP contribution in [0, 0.1) is 5.92 Å². The minimum absolute atomic E-state index is 0.377. The zero-order chi connectivity index (χ0) is 11.4. The zero-order valence-corrected chi connectivity index (χ0v) is 10.3. The van der Waals surface area contributed by atoms with E-state index in [0.717, 1.165) is 18.1 Å². The highest BCUT2D eigenvalue weighted by Crippen LogP contribution is 2.18. The van der Waals surface area contributed by atoms with Gasteiger partial charge in [0.05, 0.1) is 10.7 Å². The lowest BCUT2D eigenvalue weighted by Crippen LogP contribution is -2.23. The van der Waals surface area contributed by atoms with Gasteiger partial charge in [-0.1, -0.05) is 25.4 Å². The molecule has 0 bridgehead atoms. The Morgan fingerprint density at radius 3 is 2.67 bits per heavy atom. The summed E-state index contributed by atoms with van der Waals surface area (Å²) in [6, 6.07) is 3.77. The lowest BCUT2D eigenvalue weighted by molar-refractivity contribution is 0.634. The topological polar surface area (TPSA) is 42.1 Å². The van der Waals surface area contributed by atoms with Gasteiger partial charge in [0.2, 0.25) is 0 Å². The highest BCUT2D eigenvalue weighted by atomic mass is 35.5. The van der Waals surface area contributed by atoms with Gasteiger partial charge >= 0.3 is 0 Å². The van der Waals surface area contributed by atoms with Crippen LogP contribution in [0.5, 0.6) is 0 Å². The third-order valence-corrected chi connectivity index (χ3v) is 2.47. The molecule has 0 aliphatic rings. The van der Waals surface area contributed by atoms with Crippen molar-refractivity contribution in [1.82, 2.24) is 4.98 Å². The van der Waals surface area contributed by atoms with Crippen molar-refractivity contribution in [2.24, 2.45) is 11.7 Å². The van der Waals surface area contributed by atoms with Crippen LogP contribution in [0.25, 0.3) is 0 Å². The van der Waals surface area contributed by atoms with E-state index >= 15 is 0 Å². The fourth-order valence-corrected chi connectivity index (χ4v) is 1.65. The summed E-state index contributed by atoms with van der Waals surface area (Å²) in [4.78, 5) is 6.52. The Balaban J connectivity index is 2.85. The predicted octanol–water partition coefficient (Wildman–Crippen LogP) is 2.29. The number of pyridine rings is 1. The molecule has 0 fully saturated rings. The summed E-state index contributed by atoms with van der Waals surface area (Å²) in [5.74, 6) is 1.53. The van der Waals surface area contributed by atoms with E-state index in [9.17, 15) is 0 Å². The average molecular weight is 228 g/mol. The molecule has 2 N–H and O–H groups in total. The molecule has 0 aromatic carbocycles. The molecule has 1 aromatic heterocycles. The first kappa shape index (κ1) is 12.3. The van der Waals surface area contributed by atoms with E-state index < -0.39 is 0 Å². The van der Waals surface area contributed by atoms with E-state index in [1.807, 2.05) is 19.2 Å². The zero-order valence-electron chi connectivity index (χ0n) is 9.50. The first-order chi connectivity index (χ1) is 7.04. The number of nitrogens with two attached hydrogens (primary N) is 1. The molecule has 0 saturated heterocycles. The second-order valence-electron chi connectivity index (χ2n) is 4.08. The van der Waals surface area contributed by atoms with Gasteiger partial charge in [-0.05, 0) is 18.1 Å². The molecule has 0 spiro atoms. The Bertz CT molecular complexity index is 326. The molecule has 1 heterocycles. The minimum Gasteiger partial charge on any atom is -0.359 e. The van der Waals surface area contributed by atoms with Gasteiger partial charge in [-0.15, -0.1) is 0 Å². The molecule has 0 atom stereocenters. The molecule has 1 aromatic rings. The highest BCUT2D eigenvalue weighted by Gasteiger charge is 2.07. The first-order valence-electron chi connectivity index (χ1n) is 5.11. The number of hydrogen-bond donors (Lipinski definition) is 1. The summed E-state index contributed by atoms with van der Waals surface area (Å²) in [5, 5.41) is 0.638. The van der Waals surface area contributed by atoms with Crippen LogP contribution in [0.4, 0.5) is 5.82 Å². The van der Waals surface area contributed by atoms with Gasteiger partial charge in [-0.2, -0.15) is 0 Å². The van der Waals surface area contributed by atoms with E-state index in [2.05, 4.69) is 23.7 Å². The van der Waals surface area contributed by atoms with Gasteiger partial charge in [0.15, 0.2) is 0 Å². The fourth-order valence-electron chi connectivity index (χ4n) is 1.47. The van der Waals surface area contributed by atoms with Gasteiger partial charge in [0.25, 0.3) is 0 Å². The first-order valence-corrected chi connectivity index (χ1v) is 5.49. The Morgan fingerprint density at radius 2 is 2.13 bits per heavy atom. The summed E-state index contributed by atoms with van der Waals surface area (Å²) >= 11 is 5.95. The van der Waals surface area contributed by atoms with Crippen LogP contribution in [0.1, 0.15) is 19.5 Å². The van der Waals surface area contributed by atoms with Gasteiger partial charge in [-0.25, -0.2) is 4.98 Å². The number of nitrogens with zero attached hydrogens (tertiary/aromatic N) is 2. The van der Waals surface area contributed by atoms with Gasteiger partial charge in [0, 0.05) is 20.1 Å². The third-order valence-electron chi connectivity index (χ3n) is 2.13. The van der Waals surface area contributed by atoms with Crippen molar-refractivity contribution in [3.8, 4) is 0 Å². The SMILES string of the molecule is CC(C)CN(C)c1ccc(Cl)c(CN)n1. The molecule has 15 heavy (non-hydrogen) atoms. The van der Waals surface area contributed by atoms with Gasteiger partial charge in [0.1, 0.15) is 5.82 Å². The maximum atomic E-state index is 5.95. The van der Waals surface area contributed by atoms with E-state index in [0.29, 0.717) is 17.5 Å². The van der Waals surface area contributed by atoms with E-state index in [1.54, 1.807) is 0 Å². The average Bonchev–Trinajstić information content (AvgIpc) is 2.17. The molecule has 1 rings (SSSR count). The molecule has 0 saturated carbocycles. The van der Waals surface area contributed by atoms with Crippen molar-refractivity contribution in [1.29, 1.82) is 0 Å². The van der Waals surface area contributed by atoms with Crippen LogP contribution >= 0.6 is 11.6 Å². The van der Waals surface area contributed by atoms with E-state index in [4.69, 9.17) is 17.3 Å². The van der Waals surface area contributed by atoms with Crippen LogP contribution in [0.3, 0.4) is 0 Å². The maximum Gasteiger partial charge on any atom is 0.128 e. The van der Waals surface area contributed by atoms with Crippen LogP contribution in [0.15, 0.2) is 12.1 Å². The van der Waals surface area contributed by atoms with E-state index in [1.165, 1.54) is 0 Å². The predicted molar refractivity (Wildman–Crippen MR) is 65.2 cm³/mol. The van der Waals surface area contributed by atoms with E-state index in [-0.39, 0.29) is 0 Å². The highest BCUT2D eigenvalue weighted by molar-refractivity contribution is 6.31. The number of hydrogen-bond acceptors (Lipinski definition) is 3. The third kappa shape index (κ3) is 3.36. The van der Waals surface area contributed by atoms with Crippen molar-refractivity contribution in [2.75, 3.05) is 18.5 Å². The molecule has 0 amide bonds. The molecular weight excluding hydrogens is 210 g/mol. The van der Waals surface area contributed by atoms with Crippen LogP contribution in [-0.4, -0.2) is 18.6 Å². The second-order valence-corrected chi connectivity index (χ2v) is 4.48. The summed E-state index contributed by atoms with van der Waals surface area (Å²) in [6.45, 7) is 5.70. The van der Waals surface area contributed by atoms with Crippen molar-refractivity contribution in [3.63, 3.8) is 0 Å². The quantitative estimate of drug-likeness (QED) is 0.858. The molecule has 0 aliphatic carbocycles. The monoisotopic (exact) mass is 227 g/mol. The number of halogens is 1. The van der Waals surface area contributed by atoms with Gasteiger partial charge < -0.3 is 10.6 Å². The largest absolute Gasteiger partial charge is 0.359 e. The molecule has 0 radical (unpaired) electrons. The summed E-state index contributed by atoms with van der Waals surface area (Å²) < 4.78 is 0. The Kier molecular flexibility index (Phi) is 4.36. The number of aromatic nitrogens is 1. The molecule has 3 nitrogen and oxygen atoms in total. The summed E-state index contributed by atoms with van der Waals surface area (Å²) in [7, 11) is 2.02.